The molecule has 0 N–H and O–H groups in total. The fourth-order valence-corrected chi connectivity index (χ4v) is 2.72. The van der Waals surface area contributed by atoms with Crippen LogP contribution < -0.4 is 5.56 Å². The summed E-state index contributed by atoms with van der Waals surface area (Å²) in [6.07, 6.45) is 6.66. The van der Waals surface area contributed by atoms with Crippen molar-refractivity contribution in [2.45, 2.75) is 26.7 Å². The number of benzene rings is 1. The van der Waals surface area contributed by atoms with Gasteiger partial charge in [0.2, 0.25) is 0 Å². The predicted octanol–water partition coefficient (Wildman–Crippen LogP) is 3.57. The number of nitrogens with zero attached hydrogens (tertiary/aromatic N) is 2. The maximum Gasteiger partial charge on any atom is 0.265 e. The SMILES string of the molecule is CCc1ccc2ncn(C3=C(C(C)=O)C=C(F)CC=C3)c(=O)c2c1. The Hall–Kier alpha value is -2.82. The van der Waals surface area contributed by atoms with Crippen LogP contribution in [0.3, 0.4) is 0 Å². The van der Waals surface area contributed by atoms with E-state index in [4.69, 9.17) is 0 Å². The number of hydrogen-bond donors (Lipinski definition) is 0. The van der Waals surface area contributed by atoms with Crippen molar-refractivity contribution in [3.63, 3.8) is 0 Å². The van der Waals surface area contributed by atoms with Crippen LogP contribution in [-0.2, 0) is 11.2 Å². The summed E-state index contributed by atoms with van der Waals surface area (Å²) in [5.74, 6) is -0.720. The fraction of sp³-hybridized carbons (Fsp3) is 0.211. The van der Waals surface area contributed by atoms with E-state index in [0.717, 1.165) is 12.0 Å². The number of hydrogen-bond acceptors (Lipinski definition) is 3. The van der Waals surface area contributed by atoms with E-state index in [1.165, 1.54) is 23.9 Å². The molecule has 122 valence electrons. The van der Waals surface area contributed by atoms with Crippen LogP contribution in [0.1, 0.15) is 25.8 Å². The Kier molecular flexibility index (Phi) is 4.25. The van der Waals surface area contributed by atoms with Crippen LogP contribution in [0.2, 0.25) is 0 Å². The molecule has 4 nitrogen and oxygen atoms in total. The van der Waals surface area contributed by atoms with Crippen LogP contribution in [-0.4, -0.2) is 15.3 Å². The first-order valence-electron chi connectivity index (χ1n) is 7.79. The maximum atomic E-state index is 13.7. The number of ketones is 1. The molecular formula is C19H17FN2O2. The highest BCUT2D eigenvalue weighted by atomic mass is 19.1. The molecule has 0 spiro atoms. The van der Waals surface area contributed by atoms with Crippen molar-refractivity contribution < 1.29 is 9.18 Å². The Labute approximate surface area is 138 Å². The summed E-state index contributed by atoms with van der Waals surface area (Å²) in [5, 5.41) is 0.481. The minimum Gasteiger partial charge on any atom is -0.294 e. The minimum absolute atomic E-state index is 0.0933. The largest absolute Gasteiger partial charge is 0.294 e. The van der Waals surface area contributed by atoms with Gasteiger partial charge in [0.15, 0.2) is 5.78 Å². The Balaban J connectivity index is 2.32. The molecule has 1 aliphatic rings. The van der Waals surface area contributed by atoms with Crippen LogP contribution in [0.25, 0.3) is 16.6 Å². The molecule has 3 rings (SSSR count). The molecule has 0 atom stereocenters. The van der Waals surface area contributed by atoms with Gasteiger partial charge in [-0.3, -0.25) is 14.2 Å². The van der Waals surface area contributed by atoms with Crippen molar-refractivity contribution in [2.24, 2.45) is 0 Å². The second-order valence-corrected chi connectivity index (χ2v) is 5.68. The molecule has 5 heteroatoms. The van der Waals surface area contributed by atoms with E-state index < -0.39 is 5.83 Å². The summed E-state index contributed by atoms with van der Waals surface area (Å²) in [6.45, 7) is 3.36. The second-order valence-electron chi connectivity index (χ2n) is 5.68. The molecule has 1 aliphatic carbocycles. The van der Waals surface area contributed by atoms with Crippen LogP contribution >= 0.6 is 0 Å². The van der Waals surface area contributed by atoms with Gasteiger partial charge in [-0.15, -0.1) is 0 Å². The number of carbonyl (C=O) groups excluding carboxylic acids is 1. The lowest BCUT2D eigenvalue weighted by Gasteiger charge is -2.11. The first-order valence-corrected chi connectivity index (χ1v) is 7.79. The lowest BCUT2D eigenvalue weighted by atomic mass is 10.1. The van der Waals surface area contributed by atoms with Gasteiger partial charge in [-0.05, 0) is 43.2 Å². The van der Waals surface area contributed by atoms with Gasteiger partial charge in [0, 0.05) is 12.0 Å². The summed E-state index contributed by atoms with van der Waals surface area (Å²) < 4.78 is 15.0. The van der Waals surface area contributed by atoms with E-state index in [1.54, 1.807) is 12.2 Å². The number of aryl methyl sites for hydroxylation is 1. The lowest BCUT2D eigenvalue weighted by Crippen LogP contribution is -2.21. The van der Waals surface area contributed by atoms with Crippen molar-refractivity contribution in [2.75, 3.05) is 0 Å². The van der Waals surface area contributed by atoms with Crippen LogP contribution in [0, 0.1) is 0 Å². The number of allylic oxidation sites excluding steroid dienone is 6. The van der Waals surface area contributed by atoms with Crippen molar-refractivity contribution in [1.29, 1.82) is 0 Å². The molecular weight excluding hydrogens is 307 g/mol. The molecule has 2 aromatic rings. The van der Waals surface area contributed by atoms with Crippen molar-refractivity contribution in [3.05, 3.63) is 70.1 Å². The van der Waals surface area contributed by atoms with Crippen molar-refractivity contribution in [3.8, 4) is 0 Å². The molecule has 0 radical (unpaired) electrons. The third kappa shape index (κ3) is 2.85. The molecule has 0 saturated carbocycles. The average molecular weight is 324 g/mol. The highest BCUT2D eigenvalue weighted by Gasteiger charge is 2.16. The Morgan fingerprint density at radius 3 is 2.88 bits per heavy atom. The van der Waals surface area contributed by atoms with Gasteiger partial charge in [0.25, 0.3) is 5.56 Å². The monoisotopic (exact) mass is 324 g/mol. The van der Waals surface area contributed by atoms with E-state index in [0.29, 0.717) is 16.6 Å². The van der Waals surface area contributed by atoms with E-state index in [9.17, 15) is 14.0 Å². The summed E-state index contributed by atoms with van der Waals surface area (Å²) >= 11 is 0. The number of halogens is 1. The molecule has 0 saturated heterocycles. The molecule has 0 unspecified atom stereocenters. The van der Waals surface area contributed by atoms with Gasteiger partial charge in [0.1, 0.15) is 12.2 Å². The zero-order valence-electron chi connectivity index (χ0n) is 13.5. The molecule has 0 amide bonds. The topological polar surface area (TPSA) is 52.0 Å². The zero-order chi connectivity index (χ0) is 17.3. The summed E-state index contributed by atoms with van der Waals surface area (Å²) in [7, 11) is 0. The first-order chi connectivity index (χ1) is 11.5. The quantitative estimate of drug-likeness (QED) is 0.867. The molecule has 0 aliphatic heterocycles. The smallest absolute Gasteiger partial charge is 0.265 e. The summed E-state index contributed by atoms with van der Waals surface area (Å²) in [5.41, 5.74) is 1.86. The van der Waals surface area contributed by atoms with Gasteiger partial charge < -0.3 is 0 Å². The van der Waals surface area contributed by atoms with E-state index in [2.05, 4.69) is 4.98 Å². The van der Waals surface area contributed by atoms with Gasteiger partial charge in [0.05, 0.1) is 16.6 Å². The molecule has 0 bridgehead atoms. The Morgan fingerprint density at radius 2 is 2.17 bits per heavy atom. The van der Waals surface area contributed by atoms with Crippen LogP contribution in [0.4, 0.5) is 4.39 Å². The molecule has 1 aromatic carbocycles. The maximum absolute atomic E-state index is 13.7. The Morgan fingerprint density at radius 1 is 1.38 bits per heavy atom. The number of rotatable bonds is 3. The van der Waals surface area contributed by atoms with E-state index in [1.807, 2.05) is 25.1 Å². The predicted molar refractivity (Wildman–Crippen MR) is 92.2 cm³/mol. The minimum atomic E-state index is -0.415. The van der Waals surface area contributed by atoms with Gasteiger partial charge >= 0.3 is 0 Å². The third-order valence-corrected chi connectivity index (χ3v) is 4.04. The highest BCUT2D eigenvalue weighted by molar-refractivity contribution is 6.03. The number of carbonyl (C=O) groups is 1. The third-order valence-electron chi connectivity index (χ3n) is 4.04. The van der Waals surface area contributed by atoms with Crippen molar-refractivity contribution in [1.82, 2.24) is 9.55 Å². The summed E-state index contributed by atoms with van der Waals surface area (Å²) in [4.78, 5) is 29.1. The Bertz CT molecular complexity index is 981. The van der Waals surface area contributed by atoms with Crippen LogP contribution in [0.5, 0.6) is 0 Å². The fourth-order valence-electron chi connectivity index (χ4n) is 2.72. The molecule has 0 fully saturated rings. The van der Waals surface area contributed by atoms with E-state index >= 15 is 0 Å². The van der Waals surface area contributed by atoms with Gasteiger partial charge in [-0.25, -0.2) is 9.37 Å². The van der Waals surface area contributed by atoms with Gasteiger partial charge in [-0.2, -0.15) is 0 Å². The van der Waals surface area contributed by atoms with Crippen molar-refractivity contribution >= 4 is 22.4 Å². The number of aromatic nitrogens is 2. The number of Topliss-reactive ketones (excluding diaryl/α,β-unsaturated/α-hetero) is 1. The zero-order valence-corrected chi connectivity index (χ0v) is 13.5. The molecule has 1 aromatic heterocycles. The number of fused-ring (bicyclic) bond motifs is 1. The normalized spacial score (nSPS) is 14.7. The van der Waals surface area contributed by atoms with E-state index in [-0.39, 0.29) is 23.3 Å². The lowest BCUT2D eigenvalue weighted by molar-refractivity contribution is -0.113. The second kappa shape index (κ2) is 6.35. The van der Waals surface area contributed by atoms with Crippen LogP contribution in [0.15, 0.2) is 58.9 Å². The molecule has 1 heterocycles. The van der Waals surface area contributed by atoms with Gasteiger partial charge in [-0.1, -0.05) is 19.1 Å². The summed E-state index contributed by atoms with van der Waals surface area (Å²) in [6, 6.07) is 5.55. The highest BCUT2D eigenvalue weighted by Crippen LogP contribution is 2.22. The first kappa shape index (κ1) is 16.1. The standard InChI is InChI=1S/C19H17FN2O2/c1-3-13-7-8-17-16(9-13)19(24)22(11-21-17)18-6-4-5-14(20)10-15(18)12(2)23/h4,6-11H,3,5H2,1-2H3. The molecule has 24 heavy (non-hydrogen) atoms. The average Bonchev–Trinajstić information content (AvgIpc) is 2.77.